The number of rotatable bonds is 7. The monoisotopic (exact) mass is 326 g/mol. The third kappa shape index (κ3) is 6.89. The Bertz CT molecular complexity index is 480. The van der Waals surface area contributed by atoms with Gasteiger partial charge in [0.1, 0.15) is 0 Å². The van der Waals surface area contributed by atoms with Crippen molar-refractivity contribution in [3.05, 3.63) is 35.9 Å². The number of amides is 3. The van der Waals surface area contributed by atoms with Crippen LogP contribution in [0.3, 0.4) is 0 Å². The van der Waals surface area contributed by atoms with Crippen LogP contribution in [0.1, 0.15) is 18.4 Å². The first kappa shape index (κ1) is 18.4. The van der Waals surface area contributed by atoms with Gasteiger partial charge in [-0.25, -0.2) is 4.79 Å². The highest BCUT2D eigenvalue weighted by Gasteiger charge is 2.24. The highest BCUT2D eigenvalue weighted by atomic mass is 35.5. The predicted octanol–water partition coefficient (Wildman–Crippen LogP) is 0.857. The molecule has 0 radical (unpaired) electrons. The number of urea groups is 1. The van der Waals surface area contributed by atoms with Crippen LogP contribution in [0.2, 0.25) is 0 Å². The molecule has 1 saturated carbocycles. The van der Waals surface area contributed by atoms with Gasteiger partial charge >= 0.3 is 6.03 Å². The maximum atomic E-state index is 11.9. The molecule has 0 spiro atoms. The number of hydrogen-bond acceptors (Lipinski definition) is 4. The summed E-state index contributed by atoms with van der Waals surface area (Å²) < 4.78 is 0. The number of nitrogens with two attached hydrogens (primary N) is 1. The number of benzene rings is 1. The Kier molecular flexibility index (Phi) is 7.87. The molecular formula is C15H23ClN4O2. The fourth-order valence-corrected chi connectivity index (χ4v) is 2.06. The molecule has 1 fully saturated rings. The summed E-state index contributed by atoms with van der Waals surface area (Å²) in [6.45, 7) is 1.86. The van der Waals surface area contributed by atoms with Gasteiger partial charge in [0.25, 0.3) is 0 Å². The molecule has 0 aliphatic heterocycles. The smallest absolute Gasteiger partial charge is 0.321 e. The molecule has 3 amide bonds. The average molecular weight is 327 g/mol. The summed E-state index contributed by atoms with van der Waals surface area (Å²) >= 11 is 0. The van der Waals surface area contributed by atoms with Crippen molar-refractivity contribution in [2.45, 2.75) is 25.4 Å². The van der Waals surface area contributed by atoms with E-state index in [9.17, 15) is 9.59 Å². The zero-order valence-corrected chi connectivity index (χ0v) is 13.3. The molecule has 0 unspecified atom stereocenters. The van der Waals surface area contributed by atoms with Gasteiger partial charge in [0.15, 0.2) is 0 Å². The largest absolute Gasteiger partial charge is 0.335 e. The van der Waals surface area contributed by atoms with Gasteiger partial charge in [0.2, 0.25) is 5.91 Å². The molecule has 7 heteroatoms. The second-order valence-electron chi connectivity index (χ2n) is 5.28. The van der Waals surface area contributed by atoms with E-state index in [1.807, 2.05) is 35.2 Å². The first-order valence-electron chi connectivity index (χ1n) is 7.24. The minimum atomic E-state index is -0.407. The standard InChI is InChI=1S/C15H22N4O2.ClH/c16-8-9-19(10-12-4-2-1-3-5-12)11-14(20)18-15(21)17-13-6-7-13;/h1-5,13H,6-11,16H2,(H2,17,18,20,21);1H. The lowest BCUT2D eigenvalue weighted by atomic mass is 10.2. The molecule has 0 aromatic heterocycles. The molecule has 22 heavy (non-hydrogen) atoms. The van der Waals surface area contributed by atoms with E-state index in [1.165, 1.54) is 0 Å². The van der Waals surface area contributed by atoms with Crippen LogP contribution in [-0.4, -0.2) is 42.5 Å². The SMILES string of the molecule is Cl.NCCN(CC(=O)NC(=O)NC1CC1)Cc1ccccc1. The maximum Gasteiger partial charge on any atom is 0.321 e. The topological polar surface area (TPSA) is 87.5 Å². The first-order chi connectivity index (χ1) is 10.2. The summed E-state index contributed by atoms with van der Waals surface area (Å²) in [4.78, 5) is 25.3. The minimum Gasteiger partial charge on any atom is -0.335 e. The van der Waals surface area contributed by atoms with E-state index >= 15 is 0 Å². The van der Waals surface area contributed by atoms with Gasteiger partial charge in [0, 0.05) is 25.7 Å². The van der Waals surface area contributed by atoms with Crippen molar-refractivity contribution in [1.82, 2.24) is 15.5 Å². The van der Waals surface area contributed by atoms with Gasteiger partial charge in [0.05, 0.1) is 6.54 Å². The molecule has 0 bridgehead atoms. The van der Waals surface area contributed by atoms with Crippen LogP contribution < -0.4 is 16.4 Å². The predicted molar refractivity (Wildman–Crippen MR) is 87.7 cm³/mol. The highest BCUT2D eigenvalue weighted by molar-refractivity contribution is 5.95. The van der Waals surface area contributed by atoms with Crippen LogP contribution in [0, 0.1) is 0 Å². The maximum absolute atomic E-state index is 11.9. The Hall–Kier alpha value is -1.63. The van der Waals surface area contributed by atoms with Gasteiger partial charge in [-0.15, -0.1) is 12.4 Å². The Morgan fingerprint density at radius 3 is 2.50 bits per heavy atom. The van der Waals surface area contributed by atoms with E-state index in [4.69, 9.17) is 5.73 Å². The van der Waals surface area contributed by atoms with Gasteiger partial charge < -0.3 is 11.1 Å². The normalized spacial score (nSPS) is 13.4. The van der Waals surface area contributed by atoms with E-state index in [1.54, 1.807) is 0 Å². The van der Waals surface area contributed by atoms with Crippen molar-refractivity contribution in [3.8, 4) is 0 Å². The van der Waals surface area contributed by atoms with E-state index in [0.29, 0.717) is 19.6 Å². The second-order valence-corrected chi connectivity index (χ2v) is 5.28. The number of nitrogens with zero attached hydrogens (tertiary/aromatic N) is 1. The Labute approximate surface area is 136 Å². The number of carbonyl (C=O) groups is 2. The molecule has 1 aliphatic carbocycles. The summed E-state index contributed by atoms with van der Waals surface area (Å²) in [5, 5.41) is 5.08. The Morgan fingerprint density at radius 1 is 1.23 bits per heavy atom. The van der Waals surface area contributed by atoms with E-state index in [-0.39, 0.29) is 30.9 Å². The molecule has 0 atom stereocenters. The third-order valence-corrected chi connectivity index (χ3v) is 3.23. The second kappa shape index (κ2) is 9.40. The van der Waals surface area contributed by atoms with Crippen LogP contribution in [0.5, 0.6) is 0 Å². The van der Waals surface area contributed by atoms with Crippen molar-refractivity contribution in [3.63, 3.8) is 0 Å². The number of nitrogens with one attached hydrogen (secondary N) is 2. The molecule has 1 aromatic carbocycles. The molecule has 4 N–H and O–H groups in total. The Morgan fingerprint density at radius 2 is 1.91 bits per heavy atom. The van der Waals surface area contributed by atoms with Gasteiger partial charge in [-0.1, -0.05) is 30.3 Å². The first-order valence-corrected chi connectivity index (χ1v) is 7.24. The van der Waals surface area contributed by atoms with Crippen LogP contribution >= 0.6 is 12.4 Å². The molecule has 0 saturated heterocycles. The van der Waals surface area contributed by atoms with Crippen LogP contribution in [0.4, 0.5) is 4.79 Å². The lowest BCUT2D eigenvalue weighted by Gasteiger charge is -2.20. The highest BCUT2D eigenvalue weighted by Crippen LogP contribution is 2.18. The van der Waals surface area contributed by atoms with Crippen molar-refractivity contribution < 1.29 is 9.59 Å². The van der Waals surface area contributed by atoms with Crippen LogP contribution in [0.25, 0.3) is 0 Å². The summed E-state index contributed by atoms with van der Waals surface area (Å²) in [5.74, 6) is -0.308. The molecule has 0 heterocycles. The number of halogens is 1. The van der Waals surface area contributed by atoms with Crippen molar-refractivity contribution in [2.75, 3.05) is 19.6 Å². The number of carbonyl (C=O) groups excluding carboxylic acids is 2. The molecular weight excluding hydrogens is 304 g/mol. The zero-order valence-electron chi connectivity index (χ0n) is 12.5. The fourth-order valence-electron chi connectivity index (χ4n) is 2.06. The van der Waals surface area contributed by atoms with Crippen molar-refractivity contribution in [1.29, 1.82) is 0 Å². The summed E-state index contributed by atoms with van der Waals surface area (Å²) in [6.07, 6.45) is 1.99. The van der Waals surface area contributed by atoms with E-state index in [2.05, 4.69) is 10.6 Å². The molecule has 122 valence electrons. The van der Waals surface area contributed by atoms with Crippen LogP contribution in [0.15, 0.2) is 30.3 Å². The fraction of sp³-hybridized carbons (Fsp3) is 0.467. The van der Waals surface area contributed by atoms with E-state index in [0.717, 1.165) is 18.4 Å². The van der Waals surface area contributed by atoms with Gasteiger partial charge in [-0.3, -0.25) is 15.0 Å². The average Bonchev–Trinajstić information content (AvgIpc) is 3.23. The number of imide groups is 1. The summed E-state index contributed by atoms with van der Waals surface area (Å²) in [6, 6.07) is 9.70. The van der Waals surface area contributed by atoms with Crippen LogP contribution in [-0.2, 0) is 11.3 Å². The van der Waals surface area contributed by atoms with E-state index < -0.39 is 6.03 Å². The third-order valence-electron chi connectivity index (χ3n) is 3.23. The lowest BCUT2D eigenvalue weighted by molar-refractivity contribution is -0.121. The summed E-state index contributed by atoms with van der Waals surface area (Å²) in [5.41, 5.74) is 6.69. The molecule has 1 aromatic rings. The van der Waals surface area contributed by atoms with Gasteiger partial charge in [-0.05, 0) is 18.4 Å². The molecule has 2 rings (SSSR count). The quantitative estimate of drug-likeness (QED) is 0.693. The zero-order chi connectivity index (χ0) is 15.1. The summed E-state index contributed by atoms with van der Waals surface area (Å²) in [7, 11) is 0. The number of hydrogen-bond donors (Lipinski definition) is 3. The van der Waals surface area contributed by atoms with Gasteiger partial charge in [-0.2, -0.15) is 0 Å². The van der Waals surface area contributed by atoms with Crippen molar-refractivity contribution in [2.24, 2.45) is 5.73 Å². The Balaban J connectivity index is 0.00000242. The molecule has 6 nitrogen and oxygen atoms in total. The minimum absolute atomic E-state index is 0. The molecule has 1 aliphatic rings. The van der Waals surface area contributed by atoms with Crippen molar-refractivity contribution >= 4 is 24.3 Å². The lowest BCUT2D eigenvalue weighted by Crippen LogP contribution is -2.45.